The summed E-state index contributed by atoms with van der Waals surface area (Å²) in [4.78, 5) is 0. The monoisotopic (exact) mass is 268 g/mol. The first-order valence-electron chi connectivity index (χ1n) is 5.90. The highest BCUT2D eigenvalue weighted by Gasteiger charge is 2.19. The van der Waals surface area contributed by atoms with E-state index in [4.69, 9.17) is 11.6 Å². The number of halogens is 1. The minimum Gasteiger partial charge on any atom is -0.308 e. The Kier molecular flexibility index (Phi) is 3.98. The second-order valence-electron chi connectivity index (χ2n) is 4.18. The minimum atomic E-state index is 0.0843. The lowest BCUT2D eigenvalue weighted by molar-refractivity contribution is 0.516. The van der Waals surface area contributed by atoms with Gasteiger partial charge in [-0.15, -0.1) is 0 Å². The molecule has 2 rings (SSSR count). The van der Waals surface area contributed by atoms with Gasteiger partial charge in [0.15, 0.2) is 0 Å². The Morgan fingerprint density at radius 1 is 1.56 bits per heavy atom. The Morgan fingerprint density at radius 2 is 2.33 bits per heavy atom. The molecule has 0 spiro atoms. The van der Waals surface area contributed by atoms with Gasteiger partial charge < -0.3 is 5.32 Å². The summed E-state index contributed by atoms with van der Waals surface area (Å²) in [6.45, 7) is 4.82. The molecular weight excluding hydrogens is 252 g/mol. The molecule has 98 valence electrons. The van der Waals surface area contributed by atoms with Crippen LogP contribution in [0, 0.1) is 6.92 Å². The first-order chi connectivity index (χ1) is 8.63. The van der Waals surface area contributed by atoms with Gasteiger partial charge in [-0.3, -0.25) is 4.68 Å². The highest BCUT2D eigenvalue weighted by Crippen LogP contribution is 2.24. The smallest absolute Gasteiger partial charge is 0.0997 e. The summed E-state index contributed by atoms with van der Waals surface area (Å²) in [7, 11) is 1.90. The van der Waals surface area contributed by atoms with Crippen LogP contribution in [0.1, 0.15) is 30.0 Å². The third-order valence-corrected chi connectivity index (χ3v) is 3.39. The summed E-state index contributed by atoms with van der Waals surface area (Å²) in [6, 6.07) is 0.0843. The van der Waals surface area contributed by atoms with Crippen molar-refractivity contribution in [2.45, 2.75) is 26.3 Å². The molecule has 1 unspecified atom stereocenters. The molecule has 7 heteroatoms. The summed E-state index contributed by atoms with van der Waals surface area (Å²) in [6.07, 6.45) is 2.46. The number of rotatable bonds is 5. The summed E-state index contributed by atoms with van der Waals surface area (Å²) in [5.41, 5.74) is 2.74. The summed E-state index contributed by atoms with van der Waals surface area (Å²) in [5, 5.41) is 19.0. The van der Waals surface area contributed by atoms with Crippen LogP contribution in [0.25, 0.3) is 0 Å². The maximum Gasteiger partial charge on any atom is 0.0997 e. The molecule has 0 aliphatic carbocycles. The fraction of sp³-hybridized carbons (Fsp3) is 0.545. The molecule has 0 saturated carbocycles. The first kappa shape index (κ1) is 13.0. The third-order valence-electron chi connectivity index (χ3n) is 2.90. The molecule has 18 heavy (non-hydrogen) atoms. The van der Waals surface area contributed by atoms with Gasteiger partial charge in [0.1, 0.15) is 0 Å². The normalized spacial score (nSPS) is 12.9. The molecule has 0 saturated heterocycles. The molecule has 1 atom stereocenters. The van der Waals surface area contributed by atoms with Gasteiger partial charge in [0.05, 0.1) is 34.3 Å². The highest BCUT2D eigenvalue weighted by molar-refractivity contribution is 6.31. The molecule has 2 N–H and O–H groups in total. The zero-order valence-corrected chi connectivity index (χ0v) is 11.5. The van der Waals surface area contributed by atoms with Gasteiger partial charge in [0, 0.05) is 13.5 Å². The molecule has 0 aliphatic heterocycles. The second kappa shape index (κ2) is 5.49. The lowest BCUT2D eigenvalue weighted by Crippen LogP contribution is -2.24. The van der Waals surface area contributed by atoms with Gasteiger partial charge in [-0.25, -0.2) is 0 Å². The topological polar surface area (TPSA) is 71.4 Å². The fourth-order valence-corrected chi connectivity index (χ4v) is 2.24. The van der Waals surface area contributed by atoms with Gasteiger partial charge in [-0.1, -0.05) is 18.5 Å². The van der Waals surface area contributed by atoms with Gasteiger partial charge in [0.2, 0.25) is 0 Å². The van der Waals surface area contributed by atoms with Crippen molar-refractivity contribution < 1.29 is 0 Å². The largest absolute Gasteiger partial charge is 0.308 e. The molecule has 6 nitrogen and oxygen atoms in total. The van der Waals surface area contributed by atoms with E-state index in [0.717, 1.165) is 35.1 Å². The molecule has 0 bridgehead atoms. The first-order valence-corrected chi connectivity index (χ1v) is 6.28. The summed E-state index contributed by atoms with van der Waals surface area (Å²) in [5.74, 6) is 0. The van der Waals surface area contributed by atoms with Gasteiger partial charge in [-0.2, -0.15) is 20.5 Å². The number of nitrogens with one attached hydrogen (secondary N) is 2. The average molecular weight is 269 g/mol. The quantitative estimate of drug-likeness (QED) is 0.860. The zero-order chi connectivity index (χ0) is 13.1. The molecule has 0 radical (unpaired) electrons. The molecule has 2 aromatic rings. The molecule has 2 aromatic heterocycles. The van der Waals surface area contributed by atoms with Crippen molar-refractivity contribution in [3.63, 3.8) is 0 Å². The van der Waals surface area contributed by atoms with E-state index in [1.807, 2.05) is 18.7 Å². The van der Waals surface area contributed by atoms with Gasteiger partial charge >= 0.3 is 0 Å². The Morgan fingerprint density at radius 3 is 2.83 bits per heavy atom. The Bertz CT molecular complexity index is 504. The van der Waals surface area contributed by atoms with Crippen LogP contribution in [-0.4, -0.2) is 31.7 Å². The van der Waals surface area contributed by atoms with E-state index in [1.54, 1.807) is 6.20 Å². The van der Waals surface area contributed by atoms with Gasteiger partial charge in [-0.05, 0) is 13.5 Å². The summed E-state index contributed by atoms with van der Waals surface area (Å²) < 4.78 is 1.82. The maximum atomic E-state index is 6.26. The molecule has 0 fully saturated rings. The van der Waals surface area contributed by atoms with E-state index < -0.39 is 0 Å². The van der Waals surface area contributed by atoms with Crippen LogP contribution in [-0.2, 0) is 13.5 Å². The number of hydrogen-bond acceptors (Lipinski definition) is 4. The molecule has 0 aromatic carbocycles. The van der Waals surface area contributed by atoms with Crippen molar-refractivity contribution in [2.75, 3.05) is 6.54 Å². The number of aromatic amines is 1. The van der Waals surface area contributed by atoms with Crippen LogP contribution in [0.3, 0.4) is 0 Å². The van der Waals surface area contributed by atoms with Crippen molar-refractivity contribution in [2.24, 2.45) is 7.05 Å². The number of aryl methyl sites for hydroxylation is 2. The van der Waals surface area contributed by atoms with E-state index in [9.17, 15) is 0 Å². The average Bonchev–Trinajstić information content (AvgIpc) is 2.93. The van der Waals surface area contributed by atoms with E-state index in [1.165, 1.54) is 0 Å². The van der Waals surface area contributed by atoms with E-state index in [0.29, 0.717) is 0 Å². The predicted molar refractivity (Wildman–Crippen MR) is 69.5 cm³/mol. The third kappa shape index (κ3) is 2.54. The van der Waals surface area contributed by atoms with Crippen molar-refractivity contribution >= 4 is 11.6 Å². The number of likely N-dealkylation sites (N-methyl/N-ethyl adjacent to an activating group) is 1. The van der Waals surface area contributed by atoms with E-state index >= 15 is 0 Å². The Labute approximate surface area is 111 Å². The lowest BCUT2D eigenvalue weighted by Gasteiger charge is -2.15. The van der Waals surface area contributed by atoms with Crippen molar-refractivity contribution in [3.05, 3.63) is 28.3 Å². The van der Waals surface area contributed by atoms with E-state index in [-0.39, 0.29) is 6.04 Å². The Balaban J connectivity index is 2.24. The number of hydrogen-bond donors (Lipinski definition) is 2. The minimum absolute atomic E-state index is 0.0843. The van der Waals surface area contributed by atoms with Gasteiger partial charge in [0.25, 0.3) is 0 Å². The highest BCUT2D eigenvalue weighted by atomic mass is 35.5. The van der Waals surface area contributed by atoms with Crippen molar-refractivity contribution in [3.8, 4) is 0 Å². The van der Waals surface area contributed by atoms with Crippen molar-refractivity contribution in [1.82, 2.24) is 30.5 Å². The van der Waals surface area contributed by atoms with Crippen LogP contribution >= 0.6 is 11.6 Å². The van der Waals surface area contributed by atoms with Crippen LogP contribution in [0.2, 0.25) is 5.02 Å². The SMILES string of the molecule is CCNC(Cc1c(Cl)c(C)nn1C)c1cn[nH]n1. The van der Waals surface area contributed by atoms with Crippen LogP contribution in [0.4, 0.5) is 0 Å². The predicted octanol–water partition coefficient (Wildman–Crippen LogP) is 1.39. The molecule has 2 heterocycles. The standard InChI is InChI=1S/C11H17ClN6/c1-4-13-8(9-6-14-17-15-9)5-10-11(12)7(2)16-18(10)3/h6,8,13H,4-5H2,1-3H3,(H,14,15,17). The zero-order valence-electron chi connectivity index (χ0n) is 10.7. The summed E-state index contributed by atoms with van der Waals surface area (Å²) >= 11 is 6.26. The van der Waals surface area contributed by atoms with E-state index in [2.05, 4.69) is 32.7 Å². The molecule has 0 aliphatic rings. The Hall–Kier alpha value is -1.40. The van der Waals surface area contributed by atoms with Crippen LogP contribution in [0.15, 0.2) is 6.20 Å². The van der Waals surface area contributed by atoms with Crippen molar-refractivity contribution in [1.29, 1.82) is 0 Å². The van der Waals surface area contributed by atoms with Crippen LogP contribution in [0.5, 0.6) is 0 Å². The molecule has 0 amide bonds. The second-order valence-corrected chi connectivity index (χ2v) is 4.56. The lowest BCUT2D eigenvalue weighted by atomic mass is 10.1. The maximum absolute atomic E-state index is 6.26. The van der Waals surface area contributed by atoms with Crippen LogP contribution < -0.4 is 5.32 Å². The molecular formula is C11H17ClN6. The number of nitrogens with zero attached hydrogens (tertiary/aromatic N) is 4. The number of H-pyrrole nitrogens is 1. The fourth-order valence-electron chi connectivity index (χ4n) is 2.00. The number of aromatic nitrogens is 5.